The van der Waals surface area contributed by atoms with Gasteiger partial charge >= 0.3 is 0 Å². The second kappa shape index (κ2) is 6.77. The summed E-state index contributed by atoms with van der Waals surface area (Å²) in [5, 5.41) is 3.91. The number of aryl methyl sites for hydroxylation is 1. The molecule has 21 heavy (non-hydrogen) atoms. The molecule has 5 heteroatoms. The number of methoxy groups -OCH3 is 1. The summed E-state index contributed by atoms with van der Waals surface area (Å²) in [7, 11) is 3.36. The van der Waals surface area contributed by atoms with Crippen LogP contribution in [-0.4, -0.2) is 14.2 Å². The van der Waals surface area contributed by atoms with E-state index < -0.39 is 0 Å². The largest absolute Gasteiger partial charge is 0.496 e. The van der Waals surface area contributed by atoms with Crippen LogP contribution in [0, 0.1) is 12.7 Å². The van der Waals surface area contributed by atoms with Crippen LogP contribution in [0.5, 0.6) is 5.75 Å². The molecule has 0 radical (unpaired) electrons. The molecule has 2 nitrogen and oxygen atoms in total. The minimum Gasteiger partial charge on any atom is -0.496 e. The lowest BCUT2D eigenvalue weighted by Crippen LogP contribution is -2.19. The third-order valence-electron chi connectivity index (χ3n) is 3.40. The van der Waals surface area contributed by atoms with E-state index in [2.05, 4.69) is 21.2 Å². The van der Waals surface area contributed by atoms with E-state index in [4.69, 9.17) is 16.3 Å². The van der Waals surface area contributed by atoms with Gasteiger partial charge in [0, 0.05) is 16.7 Å². The molecule has 0 aliphatic heterocycles. The first kappa shape index (κ1) is 16.3. The number of hydrogen-bond acceptors (Lipinski definition) is 2. The van der Waals surface area contributed by atoms with E-state index in [0.29, 0.717) is 15.2 Å². The molecule has 0 fully saturated rings. The average molecular weight is 373 g/mol. The van der Waals surface area contributed by atoms with Crippen molar-refractivity contribution in [1.29, 1.82) is 0 Å². The first-order chi connectivity index (χ1) is 9.99. The van der Waals surface area contributed by atoms with Crippen LogP contribution in [0.3, 0.4) is 0 Å². The van der Waals surface area contributed by atoms with Crippen molar-refractivity contribution in [3.63, 3.8) is 0 Å². The predicted molar refractivity (Wildman–Crippen MR) is 87.7 cm³/mol. The fourth-order valence-electron chi connectivity index (χ4n) is 2.32. The zero-order valence-corrected chi connectivity index (χ0v) is 14.3. The number of hydrogen-bond donors (Lipinski definition) is 1. The van der Waals surface area contributed by atoms with Crippen molar-refractivity contribution >= 4 is 27.5 Å². The Labute approximate surface area is 137 Å². The smallest absolute Gasteiger partial charge is 0.141 e. The molecule has 0 bridgehead atoms. The maximum absolute atomic E-state index is 13.7. The lowest BCUT2D eigenvalue weighted by Gasteiger charge is -2.22. The van der Waals surface area contributed by atoms with Gasteiger partial charge in [0.15, 0.2) is 0 Å². The summed E-state index contributed by atoms with van der Waals surface area (Å²) in [5.41, 5.74) is 2.74. The second-order valence-corrected chi connectivity index (χ2v) is 5.94. The molecular weight excluding hydrogens is 357 g/mol. The fourth-order valence-corrected chi connectivity index (χ4v) is 2.91. The zero-order valence-electron chi connectivity index (χ0n) is 12.0. The summed E-state index contributed by atoms with van der Waals surface area (Å²) in [5.74, 6) is 0.119. The van der Waals surface area contributed by atoms with Crippen molar-refractivity contribution in [2.75, 3.05) is 14.2 Å². The molecule has 0 aliphatic carbocycles. The topological polar surface area (TPSA) is 21.3 Å². The van der Waals surface area contributed by atoms with Gasteiger partial charge in [-0.25, -0.2) is 4.39 Å². The summed E-state index contributed by atoms with van der Waals surface area (Å²) in [6.45, 7) is 1.95. The number of nitrogens with one attached hydrogen (secondary N) is 1. The lowest BCUT2D eigenvalue weighted by molar-refractivity contribution is 0.401. The van der Waals surface area contributed by atoms with Gasteiger partial charge in [-0.15, -0.1) is 0 Å². The van der Waals surface area contributed by atoms with E-state index in [0.717, 1.165) is 16.7 Å². The van der Waals surface area contributed by atoms with Crippen molar-refractivity contribution in [3.8, 4) is 5.75 Å². The first-order valence-electron chi connectivity index (χ1n) is 6.44. The summed E-state index contributed by atoms with van der Waals surface area (Å²) < 4.78 is 19.4. The number of rotatable bonds is 4. The van der Waals surface area contributed by atoms with E-state index in [1.807, 2.05) is 32.2 Å². The van der Waals surface area contributed by atoms with E-state index in [1.54, 1.807) is 6.07 Å². The highest BCUT2D eigenvalue weighted by Crippen LogP contribution is 2.37. The SMILES string of the molecule is CNC(c1cc(Br)c(F)cc1OC)c1cccc(C)c1Cl. The number of halogens is 3. The summed E-state index contributed by atoms with van der Waals surface area (Å²) >= 11 is 9.64. The average Bonchev–Trinajstić information content (AvgIpc) is 2.47. The number of ether oxygens (including phenoxy) is 1. The summed E-state index contributed by atoms with van der Waals surface area (Å²) in [6.07, 6.45) is 0. The maximum atomic E-state index is 13.7. The van der Waals surface area contributed by atoms with Crippen LogP contribution in [0.2, 0.25) is 5.02 Å². The van der Waals surface area contributed by atoms with Crippen LogP contribution in [0.4, 0.5) is 4.39 Å². The molecule has 2 aromatic rings. The van der Waals surface area contributed by atoms with E-state index >= 15 is 0 Å². The van der Waals surface area contributed by atoms with Crippen LogP contribution < -0.4 is 10.1 Å². The van der Waals surface area contributed by atoms with Gasteiger partial charge in [-0.1, -0.05) is 29.8 Å². The van der Waals surface area contributed by atoms with Crippen LogP contribution in [0.15, 0.2) is 34.8 Å². The molecular formula is C16H16BrClFNO. The predicted octanol–water partition coefficient (Wildman–Crippen LogP) is 4.87. The Kier molecular flexibility index (Phi) is 5.25. The van der Waals surface area contributed by atoms with E-state index in [1.165, 1.54) is 13.2 Å². The van der Waals surface area contributed by atoms with E-state index in [-0.39, 0.29) is 11.9 Å². The Morgan fingerprint density at radius 2 is 2.00 bits per heavy atom. The maximum Gasteiger partial charge on any atom is 0.141 e. The second-order valence-electron chi connectivity index (χ2n) is 4.71. The summed E-state index contributed by atoms with van der Waals surface area (Å²) in [6, 6.07) is 8.75. The van der Waals surface area contributed by atoms with Crippen LogP contribution >= 0.6 is 27.5 Å². The molecule has 0 amide bonds. The van der Waals surface area contributed by atoms with Crippen LogP contribution in [0.25, 0.3) is 0 Å². The van der Waals surface area contributed by atoms with Gasteiger partial charge in [-0.05, 0) is 47.1 Å². The molecule has 0 heterocycles. The third kappa shape index (κ3) is 3.23. The van der Waals surface area contributed by atoms with Crippen molar-refractivity contribution in [1.82, 2.24) is 5.32 Å². The fraction of sp³-hybridized carbons (Fsp3) is 0.250. The molecule has 0 saturated heterocycles. The van der Waals surface area contributed by atoms with Crippen molar-refractivity contribution in [2.45, 2.75) is 13.0 Å². The van der Waals surface area contributed by atoms with Gasteiger partial charge in [0.2, 0.25) is 0 Å². The van der Waals surface area contributed by atoms with Crippen molar-refractivity contribution in [2.24, 2.45) is 0 Å². The number of benzene rings is 2. The standard InChI is InChI=1S/C16H16BrClFNO/c1-9-5-4-6-10(15(9)18)16(20-2)11-7-12(17)13(19)8-14(11)21-3/h4-8,16,20H,1-3H3. The molecule has 1 atom stereocenters. The first-order valence-corrected chi connectivity index (χ1v) is 7.62. The Balaban J connectivity index is 2.61. The molecule has 112 valence electrons. The van der Waals surface area contributed by atoms with Gasteiger partial charge in [0.25, 0.3) is 0 Å². The minimum absolute atomic E-state index is 0.191. The monoisotopic (exact) mass is 371 g/mol. The Morgan fingerprint density at radius 1 is 1.29 bits per heavy atom. The van der Waals surface area contributed by atoms with Gasteiger partial charge in [0.1, 0.15) is 11.6 Å². The van der Waals surface area contributed by atoms with Gasteiger partial charge in [-0.3, -0.25) is 0 Å². The van der Waals surface area contributed by atoms with Gasteiger partial charge in [-0.2, -0.15) is 0 Å². The Morgan fingerprint density at radius 3 is 2.62 bits per heavy atom. The zero-order chi connectivity index (χ0) is 15.6. The minimum atomic E-state index is -0.360. The normalized spacial score (nSPS) is 12.3. The highest BCUT2D eigenvalue weighted by Gasteiger charge is 2.21. The molecule has 0 aromatic heterocycles. The van der Waals surface area contributed by atoms with Gasteiger partial charge < -0.3 is 10.1 Å². The molecule has 0 aliphatic rings. The molecule has 2 aromatic carbocycles. The summed E-state index contributed by atoms with van der Waals surface area (Å²) in [4.78, 5) is 0. The van der Waals surface area contributed by atoms with E-state index in [9.17, 15) is 4.39 Å². The molecule has 1 unspecified atom stereocenters. The third-order valence-corrected chi connectivity index (χ3v) is 4.53. The Hall–Kier alpha value is -1.10. The molecule has 1 N–H and O–H groups in total. The highest BCUT2D eigenvalue weighted by molar-refractivity contribution is 9.10. The van der Waals surface area contributed by atoms with Crippen LogP contribution in [-0.2, 0) is 0 Å². The van der Waals surface area contributed by atoms with Gasteiger partial charge in [0.05, 0.1) is 17.6 Å². The van der Waals surface area contributed by atoms with Crippen molar-refractivity contribution < 1.29 is 9.13 Å². The molecule has 2 rings (SSSR count). The van der Waals surface area contributed by atoms with Crippen LogP contribution in [0.1, 0.15) is 22.7 Å². The lowest BCUT2D eigenvalue weighted by atomic mass is 9.96. The Bertz CT molecular complexity index is 663. The molecule has 0 saturated carbocycles. The quantitative estimate of drug-likeness (QED) is 0.827. The highest BCUT2D eigenvalue weighted by atomic mass is 79.9. The molecule has 0 spiro atoms. The van der Waals surface area contributed by atoms with Crippen molar-refractivity contribution in [3.05, 3.63) is 62.3 Å².